The third kappa shape index (κ3) is 2.88. The highest BCUT2D eigenvalue weighted by Gasteiger charge is 2.62. The Morgan fingerprint density at radius 2 is 1.97 bits per heavy atom. The molecule has 1 saturated carbocycles. The van der Waals surface area contributed by atoms with Gasteiger partial charge in [-0.25, -0.2) is 0 Å². The van der Waals surface area contributed by atoms with Gasteiger partial charge < -0.3 is 26.0 Å². The number of piperidine rings is 1. The van der Waals surface area contributed by atoms with Crippen LogP contribution in [0, 0.1) is 17.3 Å². The zero-order chi connectivity index (χ0) is 20.3. The average Bonchev–Trinajstić information content (AvgIpc) is 3.28. The Kier molecular flexibility index (Phi) is 4.10. The van der Waals surface area contributed by atoms with Crippen LogP contribution >= 0.6 is 0 Å². The number of hydrogen-bond acceptors (Lipinski definition) is 5. The monoisotopic (exact) mass is 398 g/mol. The van der Waals surface area contributed by atoms with Crippen molar-refractivity contribution in [1.82, 2.24) is 10.2 Å². The van der Waals surface area contributed by atoms with Crippen molar-refractivity contribution in [3.63, 3.8) is 0 Å². The van der Waals surface area contributed by atoms with Crippen LogP contribution < -0.4 is 16.0 Å². The maximum absolute atomic E-state index is 13.3. The number of rotatable bonds is 3. The van der Waals surface area contributed by atoms with Crippen LogP contribution in [0.15, 0.2) is 24.3 Å². The number of carboxylic acid groups (broad SMARTS) is 1. The Labute approximate surface area is 169 Å². The number of nitrogens with two attached hydrogens (primary N) is 1. The largest absolute Gasteiger partial charge is 0.481 e. The minimum atomic E-state index is -0.989. The molecule has 3 aliphatic heterocycles. The first-order valence-electron chi connectivity index (χ1n) is 10.3. The molecule has 4 N–H and O–H groups in total. The van der Waals surface area contributed by atoms with E-state index in [2.05, 4.69) is 22.3 Å². The number of aliphatic carboxylic acids is 1. The molecule has 1 spiro atoms. The molecule has 5 atom stereocenters. The van der Waals surface area contributed by atoms with E-state index < -0.39 is 23.3 Å². The molecule has 5 unspecified atom stereocenters. The zero-order valence-corrected chi connectivity index (χ0v) is 16.2. The highest BCUT2D eigenvalue weighted by Crippen LogP contribution is 2.58. The van der Waals surface area contributed by atoms with Gasteiger partial charge in [-0.15, -0.1) is 0 Å². The summed E-state index contributed by atoms with van der Waals surface area (Å²) in [4.78, 5) is 40.9. The molecule has 5 rings (SSSR count). The Bertz CT molecular complexity index is 889. The average molecular weight is 398 g/mol. The number of nitrogens with one attached hydrogen (secondary N) is 1. The molecule has 1 aliphatic carbocycles. The van der Waals surface area contributed by atoms with Crippen molar-refractivity contribution < 1.29 is 19.5 Å². The van der Waals surface area contributed by atoms with Crippen LogP contribution in [0.1, 0.15) is 18.4 Å². The molecule has 0 bridgehead atoms. The molecule has 3 fully saturated rings. The van der Waals surface area contributed by atoms with E-state index in [4.69, 9.17) is 5.73 Å². The molecule has 3 heterocycles. The molecule has 2 amide bonds. The van der Waals surface area contributed by atoms with Gasteiger partial charge in [-0.3, -0.25) is 14.4 Å². The summed E-state index contributed by atoms with van der Waals surface area (Å²) in [7, 11) is 0. The van der Waals surface area contributed by atoms with Crippen molar-refractivity contribution in [3.8, 4) is 0 Å². The summed E-state index contributed by atoms with van der Waals surface area (Å²) in [5.41, 5.74) is 7.59. The molecular weight excluding hydrogens is 372 g/mol. The van der Waals surface area contributed by atoms with Gasteiger partial charge in [0.15, 0.2) is 0 Å². The first kappa shape index (κ1) is 18.4. The number of nitrogens with zero attached hydrogens (tertiary/aromatic N) is 2. The third-order valence-electron chi connectivity index (χ3n) is 7.37. The maximum Gasteiger partial charge on any atom is 0.308 e. The van der Waals surface area contributed by atoms with E-state index in [-0.39, 0.29) is 23.8 Å². The molecule has 0 aromatic heterocycles. The second kappa shape index (κ2) is 6.45. The number of amides is 2. The third-order valence-corrected chi connectivity index (χ3v) is 7.37. The fourth-order valence-corrected chi connectivity index (χ4v) is 5.71. The Hall–Kier alpha value is -2.61. The predicted octanol–water partition coefficient (Wildman–Crippen LogP) is -0.186. The Morgan fingerprint density at radius 3 is 2.69 bits per heavy atom. The van der Waals surface area contributed by atoms with Crippen molar-refractivity contribution in [2.75, 3.05) is 31.1 Å². The Balaban J connectivity index is 1.29. The number of carbonyl (C=O) groups is 3. The lowest BCUT2D eigenvalue weighted by Gasteiger charge is -2.42. The first-order valence-corrected chi connectivity index (χ1v) is 10.3. The summed E-state index contributed by atoms with van der Waals surface area (Å²) in [6.07, 6.45) is 1.84. The lowest BCUT2D eigenvalue weighted by Crippen LogP contribution is -2.62. The number of primary amides is 1. The standard InChI is InChI=1S/C21H26N4O4/c22-18(26)15-9-21(15)8-14(20(28)29)17(23-11-21)19(27)24-5-6-25-13(10-24)7-12-3-1-2-4-16(12)25/h1-4,13-15,17,23H,5-11H2,(H2,22,26)(H,28,29). The van der Waals surface area contributed by atoms with Gasteiger partial charge >= 0.3 is 5.97 Å². The summed E-state index contributed by atoms with van der Waals surface area (Å²) in [5, 5.41) is 12.9. The molecule has 1 aromatic rings. The van der Waals surface area contributed by atoms with Crippen molar-refractivity contribution in [1.29, 1.82) is 0 Å². The van der Waals surface area contributed by atoms with Crippen LogP contribution in [-0.2, 0) is 20.8 Å². The second-order valence-electron chi connectivity index (χ2n) is 8.99. The minimum absolute atomic E-state index is 0.140. The van der Waals surface area contributed by atoms with Crippen molar-refractivity contribution >= 4 is 23.5 Å². The fraction of sp³-hybridized carbons (Fsp3) is 0.571. The minimum Gasteiger partial charge on any atom is -0.481 e. The van der Waals surface area contributed by atoms with Gasteiger partial charge in [-0.1, -0.05) is 18.2 Å². The quantitative estimate of drug-likeness (QED) is 0.650. The molecule has 0 radical (unpaired) electrons. The van der Waals surface area contributed by atoms with Crippen LogP contribution in [0.5, 0.6) is 0 Å². The van der Waals surface area contributed by atoms with Crippen LogP contribution in [0.4, 0.5) is 5.69 Å². The number of piperazine rings is 1. The number of carbonyl (C=O) groups excluding carboxylic acids is 2. The number of fused-ring (bicyclic) bond motifs is 3. The van der Waals surface area contributed by atoms with Gasteiger partial charge in [0.2, 0.25) is 11.8 Å². The number of anilines is 1. The van der Waals surface area contributed by atoms with E-state index >= 15 is 0 Å². The topological polar surface area (TPSA) is 116 Å². The maximum atomic E-state index is 13.3. The van der Waals surface area contributed by atoms with E-state index in [0.29, 0.717) is 32.5 Å². The van der Waals surface area contributed by atoms with Gasteiger partial charge in [0.1, 0.15) is 6.04 Å². The molecule has 8 nitrogen and oxygen atoms in total. The van der Waals surface area contributed by atoms with E-state index in [1.165, 1.54) is 11.3 Å². The van der Waals surface area contributed by atoms with Crippen LogP contribution in [0.3, 0.4) is 0 Å². The lowest BCUT2D eigenvalue weighted by molar-refractivity contribution is -0.151. The smallest absolute Gasteiger partial charge is 0.308 e. The lowest BCUT2D eigenvalue weighted by atomic mass is 9.80. The van der Waals surface area contributed by atoms with Gasteiger partial charge in [0.05, 0.1) is 12.0 Å². The molecule has 2 saturated heterocycles. The van der Waals surface area contributed by atoms with Crippen molar-refractivity contribution in [3.05, 3.63) is 29.8 Å². The van der Waals surface area contributed by atoms with E-state index in [1.807, 2.05) is 17.0 Å². The SMILES string of the molecule is NC(=O)C1CC12CNC(C(=O)N1CCN3c4ccccc4CC3C1)C(C(=O)O)C2. The molecular formula is C21H26N4O4. The van der Waals surface area contributed by atoms with Gasteiger partial charge in [0, 0.05) is 37.8 Å². The normalized spacial score (nSPS) is 35.2. The summed E-state index contributed by atoms with van der Waals surface area (Å²) >= 11 is 0. The van der Waals surface area contributed by atoms with Crippen molar-refractivity contribution in [2.24, 2.45) is 23.0 Å². The highest BCUT2D eigenvalue weighted by molar-refractivity contribution is 5.89. The predicted molar refractivity (Wildman–Crippen MR) is 105 cm³/mol. The van der Waals surface area contributed by atoms with E-state index in [0.717, 1.165) is 13.0 Å². The summed E-state index contributed by atoms with van der Waals surface area (Å²) in [6, 6.07) is 7.83. The fourth-order valence-electron chi connectivity index (χ4n) is 5.71. The van der Waals surface area contributed by atoms with E-state index in [1.54, 1.807) is 0 Å². The summed E-state index contributed by atoms with van der Waals surface area (Å²) in [5.74, 6) is -2.62. The van der Waals surface area contributed by atoms with E-state index in [9.17, 15) is 19.5 Å². The summed E-state index contributed by atoms with van der Waals surface area (Å²) < 4.78 is 0. The number of benzene rings is 1. The molecule has 154 valence electrons. The Morgan fingerprint density at radius 1 is 1.17 bits per heavy atom. The molecule has 1 aromatic carbocycles. The highest BCUT2D eigenvalue weighted by atomic mass is 16.4. The molecule has 8 heteroatoms. The summed E-state index contributed by atoms with van der Waals surface area (Å²) in [6.45, 7) is 2.41. The number of hydrogen-bond donors (Lipinski definition) is 3. The van der Waals surface area contributed by atoms with Gasteiger partial charge in [0.25, 0.3) is 0 Å². The van der Waals surface area contributed by atoms with Crippen molar-refractivity contribution in [2.45, 2.75) is 31.3 Å². The number of carboxylic acids is 1. The van der Waals surface area contributed by atoms with Gasteiger partial charge in [-0.05, 0) is 36.3 Å². The van der Waals surface area contributed by atoms with Crippen LogP contribution in [0.2, 0.25) is 0 Å². The van der Waals surface area contributed by atoms with Crippen LogP contribution in [0.25, 0.3) is 0 Å². The molecule has 29 heavy (non-hydrogen) atoms. The van der Waals surface area contributed by atoms with Crippen LogP contribution in [-0.4, -0.2) is 66.1 Å². The first-order chi connectivity index (χ1) is 13.9. The molecule has 4 aliphatic rings. The second-order valence-corrected chi connectivity index (χ2v) is 8.99. The zero-order valence-electron chi connectivity index (χ0n) is 16.2. The van der Waals surface area contributed by atoms with Gasteiger partial charge in [-0.2, -0.15) is 0 Å². The number of para-hydroxylation sites is 1.